The number of hydrogen-bond donors (Lipinski definition) is 1. The standard InChI is InChI=1S/C15H17N5/c1-10-7-13-15(18-9-10)20(11(2)8-16)14(19-13)12-3-5-17-6-4-12/h3-7,9,11H,8,16H2,1-2H3. The average Bonchev–Trinajstić information content (AvgIpc) is 2.85. The van der Waals surface area contributed by atoms with Gasteiger partial charge < -0.3 is 10.3 Å². The lowest BCUT2D eigenvalue weighted by atomic mass is 10.2. The zero-order valence-corrected chi connectivity index (χ0v) is 11.6. The highest BCUT2D eigenvalue weighted by Gasteiger charge is 2.17. The summed E-state index contributed by atoms with van der Waals surface area (Å²) in [5.41, 5.74) is 9.74. The number of imidazole rings is 1. The van der Waals surface area contributed by atoms with Crippen LogP contribution in [-0.4, -0.2) is 26.1 Å². The van der Waals surface area contributed by atoms with Gasteiger partial charge in [-0.25, -0.2) is 9.97 Å². The summed E-state index contributed by atoms with van der Waals surface area (Å²) in [6.45, 7) is 4.64. The lowest BCUT2D eigenvalue weighted by Crippen LogP contribution is -2.17. The predicted octanol–water partition coefficient (Wildman–Crippen LogP) is 2.32. The van der Waals surface area contributed by atoms with Crippen molar-refractivity contribution in [1.29, 1.82) is 0 Å². The predicted molar refractivity (Wildman–Crippen MR) is 79.3 cm³/mol. The molecule has 0 radical (unpaired) electrons. The summed E-state index contributed by atoms with van der Waals surface area (Å²) in [6.07, 6.45) is 5.40. The Kier molecular flexibility index (Phi) is 3.20. The second-order valence-corrected chi connectivity index (χ2v) is 4.98. The highest BCUT2D eigenvalue weighted by atomic mass is 15.2. The minimum atomic E-state index is 0.137. The van der Waals surface area contributed by atoms with Gasteiger partial charge in [-0.15, -0.1) is 0 Å². The molecule has 20 heavy (non-hydrogen) atoms. The van der Waals surface area contributed by atoms with Gasteiger partial charge in [-0.05, 0) is 37.6 Å². The van der Waals surface area contributed by atoms with E-state index in [0.717, 1.165) is 28.1 Å². The Balaban J connectivity index is 2.30. The minimum Gasteiger partial charge on any atom is -0.328 e. The van der Waals surface area contributed by atoms with Crippen molar-refractivity contribution < 1.29 is 0 Å². The van der Waals surface area contributed by atoms with Crippen molar-refractivity contribution in [3.8, 4) is 11.4 Å². The molecule has 3 aromatic heterocycles. The van der Waals surface area contributed by atoms with Crippen LogP contribution >= 0.6 is 0 Å². The third-order valence-corrected chi connectivity index (χ3v) is 3.39. The number of hydrogen-bond acceptors (Lipinski definition) is 4. The zero-order valence-electron chi connectivity index (χ0n) is 11.6. The molecule has 3 heterocycles. The Morgan fingerprint density at radius 1 is 1.30 bits per heavy atom. The maximum absolute atomic E-state index is 5.84. The third-order valence-electron chi connectivity index (χ3n) is 3.39. The Bertz CT molecular complexity index is 733. The summed E-state index contributed by atoms with van der Waals surface area (Å²) in [5, 5.41) is 0. The second-order valence-electron chi connectivity index (χ2n) is 4.98. The number of nitrogens with two attached hydrogens (primary N) is 1. The normalized spacial score (nSPS) is 12.8. The van der Waals surface area contributed by atoms with Crippen LogP contribution in [0, 0.1) is 6.92 Å². The van der Waals surface area contributed by atoms with Crippen LogP contribution in [0.4, 0.5) is 0 Å². The number of fused-ring (bicyclic) bond motifs is 1. The van der Waals surface area contributed by atoms with Crippen molar-refractivity contribution in [2.45, 2.75) is 19.9 Å². The van der Waals surface area contributed by atoms with Gasteiger partial charge in [0.1, 0.15) is 11.3 Å². The summed E-state index contributed by atoms with van der Waals surface area (Å²) < 4.78 is 2.10. The molecule has 0 aliphatic heterocycles. The molecule has 0 saturated carbocycles. The minimum absolute atomic E-state index is 0.137. The Hall–Kier alpha value is -2.27. The molecular weight excluding hydrogens is 250 g/mol. The molecule has 1 unspecified atom stereocenters. The molecule has 102 valence electrons. The molecule has 0 aliphatic carbocycles. The van der Waals surface area contributed by atoms with Crippen molar-refractivity contribution in [3.63, 3.8) is 0 Å². The van der Waals surface area contributed by atoms with Gasteiger partial charge in [-0.3, -0.25) is 4.98 Å². The van der Waals surface area contributed by atoms with Crippen molar-refractivity contribution in [3.05, 3.63) is 42.4 Å². The Labute approximate surface area is 117 Å². The molecule has 0 amide bonds. The molecule has 0 fully saturated rings. The molecule has 0 aromatic carbocycles. The van der Waals surface area contributed by atoms with E-state index in [9.17, 15) is 0 Å². The number of pyridine rings is 2. The van der Waals surface area contributed by atoms with Crippen molar-refractivity contribution >= 4 is 11.2 Å². The van der Waals surface area contributed by atoms with Gasteiger partial charge in [0.2, 0.25) is 0 Å². The highest BCUT2D eigenvalue weighted by Crippen LogP contribution is 2.27. The van der Waals surface area contributed by atoms with Gasteiger partial charge in [0.15, 0.2) is 5.65 Å². The van der Waals surface area contributed by atoms with Crippen LogP contribution in [0.1, 0.15) is 18.5 Å². The van der Waals surface area contributed by atoms with Crippen LogP contribution in [0.2, 0.25) is 0 Å². The molecule has 0 spiro atoms. The number of aryl methyl sites for hydroxylation is 1. The largest absolute Gasteiger partial charge is 0.328 e. The first-order valence-corrected chi connectivity index (χ1v) is 6.65. The Morgan fingerprint density at radius 2 is 2.05 bits per heavy atom. The molecule has 1 atom stereocenters. The van der Waals surface area contributed by atoms with E-state index in [1.54, 1.807) is 12.4 Å². The summed E-state index contributed by atoms with van der Waals surface area (Å²) in [6, 6.07) is 6.09. The average molecular weight is 267 g/mol. The zero-order chi connectivity index (χ0) is 14.1. The third kappa shape index (κ3) is 2.06. The molecule has 3 aromatic rings. The van der Waals surface area contributed by atoms with Crippen molar-refractivity contribution in [2.24, 2.45) is 5.73 Å². The second kappa shape index (κ2) is 5.02. The SMILES string of the molecule is Cc1cnc2c(c1)nc(-c1ccncc1)n2C(C)CN. The molecule has 2 N–H and O–H groups in total. The smallest absolute Gasteiger partial charge is 0.160 e. The van der Waals surface area contributed by atoms with Crippen LogP contribution in [0.25, 0.3) is 22.6 Å². The lowest BCUT2D eigenvalue weighted by molar-refractivity contribution is 0.575. The fourth-order valence-electron chi connectivity index (χ4n) is 2.31. The van der Waals surface area contributed by atoms with Gasteiger partial charge >= 0.3 is 0 Å². The molecular formula is C15H17N5. The topological polar surface area (TPSA) is 69.6 Å². The quantitative estimate of drug-likeness (QED) is 0.790. The van der Waals surface area contributed by atoms with E-state index in [2.05, 4.69) is 21.5 Å². The van der Waals surface area contributed by atoms with Gasteiger partial charge in [0, 0.05) is 36.7 Å². The van der Waals surface area contributed by atoms with Crippen LogP contribution in [0.15, 0.2) is 36.8 Å². The molecule has 3 rings (SSSR count). The van der Waals surface area contributed by atoms with E-state index in [0.29, 0.717) is 6.54 Å². The number of nitrogens with zero attached hydrogens (tertiary/aromatic N) is 4. The first-order chi connectivity index (χ1) is 9.70. The van der Waals surface area contributed by atoms with E-state index in [1.807, 2.05) is 31.3 Å². The maximum Gasteiger partial charge on any atom is 0.160 e. The fraction of sp³-hybridized carbons (Fsp3) is 0.267. The van der Waals surface area contributed by atoms with Crippen LogP contribution in [0.3, 0.4) is 0 Å². The molecule has 5 nitrogen and oxygen atoms in total. The summed E-state index contributed by atoms with van der Waals surface area (Å²) in [5.74, 6) is 0.887. The highest BCUT2D eigenvalue weighted by molar-refractivity contribution is 5.77. The van der Waals surface area contributed by atoms with E-state index < -0.39 is 0 Å². The van der Waals surface area contributed by atoms with Crippen LogP contribution < -0.4 is 5.73 Å². The van der Waals surface area contributed by atoms with E-state index in [-0.39, 0.29) is 6.04 Å². The summed E-state index contributed by atoms with van der Waals surface area (Å²) >= 11 is 0. The van der Waals surface area contributed by atoms with Gasteiger partial charge in [0.05, 0.1) is 0 Å². The van der Waals surface area contributed by atoms with Gasteiger partial charge in [-0.2, -0.15) is 0 Å². The number of rotatable bonds is 3. The Morgan fingerprint density at radius 3 is 2.75 bits per heavy atom. The van der Waals surface area contributed by atoms with Gasteiger partial charge in [0.25, 0.3) is 0 Å². The maximum atomic E-state index is 5.84. The summed E-state index contributed by atoms with van der Waals surface area (Å²) in [7, 11) is 0. The summed E-state index contributed by atoms with van der Waals surface area (Å²) in [4.78, 5) is 13.3. The number of aromatic nitrogens is 4. The first kappa shape index (κ1) is 12.7. The fourth-order valence-corrected chi connectivity index (χ4v) is 2.31. The monoisotopic (exact) mass is 267 g/mol. The van der Waals surface area contributed by atoms with E-state index in [4.69, 9.17) is 10.7 Å². The molecule has 0 saturated heterocycles. The van der Waals surface area contributed by atoms with Crippen molar-refractivity contribution in [1.82, 2.24) is 19.5 Å². The van der Waals surface area contributed by atoms with Crippen LogP contribution in [0.5, 0.6) is 0 Å². The molecule has 0 aliphatic rings. The van der Waals surface area contributed by atoms with Crippen LogP contribution in [-0.2, 0) is 0 Å². The van der Waals surface area contributed by atoms with E-state index >= 15 is 0 Å². The van der Waals surface area contributed by atoms with Gasteiger partial charge in [-0.1, -0.05) is 0 Å². The molecule has 5 heteroatoms. The van der Waals surface area contributed by atoms with Crippen molar-refractivity contribution in [2.75, 3.05) is 6.54 Å². The first-order valence-electron chi connectivity index (χ1n) is 6.65. The van der Waals surface area contributed by atoms with E-state index in [1.165, 1.54) is 0 Å². The molecule has 0 bridgehead atoms. The lowest BCUT2D eigenvalue weighted by Gasteiger charge is -2.15.